The molecule has 1 aromatic rings. The maximum Gasteiger partial charge on any atom is 0.317 e. The zero-order valence-corrected chi connectivity index (χ0v) is 13.4. The SMILES string of the molecule is COCCN(CC(=O)O)Cc1csc(CC(=O)N(C)C)n1. The molecule has 0 aliphatic carbocycles. The number of aromatic nitrogens is 1. The van der Waals surface area contributed by atoms with Crippen LogP contribution in [0.15, 0.2) is 5.38 Å². The van der Waals surface area contributed by atoms with E-state index in [4.69, 9.17) is 9.84 Å². The molecule has 0 aliphatic rings. The lowest BCUT2D eigenvalue weighted by Gasteiger charge is -2.18. The van der Waals surface area contributed by atoms with Gasteiger partial charge in [-0.25, -0.2) is 4.98 Å². The number of thiazole rings is 1. The van der Waals surface area contributed by atoms with Crippen LogP contribution >= 0.6 is 11.3 Å². The van der Waals surface area contributed by atoms with Crippen LogP contribution in [0.4, 0.5) is 0 Å². The molecular weight excluding hydrogens is 294 g/mol. The van der Waals surface area contributed by atoms with E-state index in [0.29, 0.717) is 19.7 Å². The van der Waals surface area contributed by atoms with Crippen molar-refractivity contribution in [3.8, 4) is 0 Å². The van der Waals surface area contributed by atoms with Crippen molar-refractivity contribution in [3.05, 3.63) is 16.1 Å². The third-order valence-corrected chi connectivity index (χ3v) is 3.65. The molecule has 1 N–H and O–H groups in total. The van der Waals surface area contributed by atoms with Gasteiger partial charge in [0.1, 0.15) is 5.01 Å². The Morgan fingerprint density at radius 1 is 1.43 bits per heavy atom. The van der Waals surface area contributed by atoms with E-state index in [2.05, 4.69) is 4.98 Å². The average Bonchev–Trinajstić information content (AvgIpc) is 2.82. The second-order valence-corrected chi connectivity index (χ2v) is 5.74. The van der Waals surface area contributed by atoms with Crippen LogP contribution in [-0.2, 0) is 27.3 Å². The molecule has 8 heteroatoms. The van der Waals surface area contributed by atoms with E-state index in [1.54, 1.807) is 26.1 Å². The topological polar surface area (TPSA) is 83.0 Å². The molecule has 0 aromatic carbocycles. The highest BCUT2D eigenvalue weighted by Gasteiger charge is 2.14. The van der Waals surface area contributed by atoms with Gasteiger partial charge in [-0.1, -0.05) is 0 Å². The standard InChI is InChI=1S/C13H21N3O4S/c1-15(2)12(17)6-11-14-10(9-21-11)7-16(4-5-20-3)8-13(18)19/h9H,4-8H2,1-3H3,(H,18,19). The van der Waals surface area contributed by atoms with Crippen LogP contribution in [0.25, 0.3) is 0 Å². The Labute approximate surface area is 128 Å². The Morgan fingerprint density at radius 2 is 2.14 bits per heavy atom. The third-order valence-electron chi connectivity index (χ3n) is 2.76. The molecule has 0 bridgehead atoms. The molecule has 0 aliphatic heterocycles. The minimum Gasteiger partial charge on any atom is -0.480 e. The van der Waals surface area contributed by atoms with Crippen molar-refractivity contribution >= 4 is 23.2 Å². The number of carbonyl (C=O) groups excluding carboxylic acids is 1. The molecule has 0 saturated heterocycles. The highest BCUT2D eigenvalue weighted by Crippen LogP contribution is 2.13. The number of rotatable bonds is 9. The summed E-state index contributed by atoms with van der Waals surface area (Å²) in [6, 6.07) is 0. The molecule has 1 aromatic heterocycles. The number of aliphatic carboxylic acids is 1. The molecular formula is C13H21N3O4S. The van der Waals surface area contributed by atoms with Crippen molar-refractivity contribution in [3.63, 3.8) is 0 Å². The van der Waals surface area contributed by atoms with Gasteiger partial charge in [-0.15, -0.1) is 11.3 Å². The molecule has 1 amide bonds. The number of amides is 1. The molecule has 0 unspecified atom stereocenters. The van der Waals surface area contributed by atoms with Gasteiger partial charge in [0.05, 0.1) is 25.3 Å². The van der Waals surface area contributed by atoms with Crippen LogP contribution in [0, 0.1) is 0 Å². The van der Waals surface area contributed by atoms with E-state index >= 15 is 0 Å². The lowest BCUT2D eigenvalue weighted by atomic mass is 10.3. The van der Waals surface area contributed by atoms with Gasteiger partial charge in [-0.05, 0) is 0 Å². The van der Waals surface area contributed by atoms with Gasteiger partial charge in [0.2, 0.25) is 5.91 Å². The molecule has 21 heavy (non-hydrogen) atoms. The fourth-order valence-electron chi connectivity index (χ4n) is 1.65. The Kier molecular flexibility index (Phi) is 7.27. The predicted molar refractivity (Wildman–Crippen MR) is 79.3 cm³/mol. The minimum atomic E-state index is -0.885. The number of carbonyl (C=O) groups is 2. The van der Waals surface area contributed by atoms with Gasteiger partial charge >= 0.3 is 5.97 Å². The summed E-state index contributed by atoms with van der Waals surface area (Å²) in [5.41, 5.74) is 0.777. The van der Waals surface area contributed by atoms with Crippen molar-refractivity contribution < 1.29 is 19.4 Å². The van der Waals surface area contributed by atoms with Crippen molar-refractivity contribution in [1.29, 1.82) is 0 Å². The molecule has 0 fully saturated rings. The van der Waals surface area contributed by atoms with Crippen LogP contribution in [0.3, 0.4) is 0 Å². The molecule has 118 valence electrons. The van der Waals surface area contributed by atoms with Gasteiger partial charge in [0.15, 0.2) is 0 Å². The number of methoxy groups -OCH3 is 1. The first kappa shape index (κ1) is 17.5. The number of hydrogen-bond donors (Lipinski definition) is 1. The van der Waals surface area contributed by atoms with Crippen LogP contribution in [0.5, 0.6) is 0 Å². The number of carboxylic acid groups (broad SMARTS) is 1. The molecule has 1 heterocycles. The maximum atomic E-state index is 11.6. The van der Waals surface area contributed by atoms with Crippen LogP contribution in [0.1, 0.15) is 10.7 Å². The van der Waals surface area contributed by atoms with Gasteiger partial charge in [0.25, 0.3) is 0 Å². The Morgan fingerprint density at radius 3 is 2.71 bits per heavy atom. The zero-order chi connectivity index (χ0) is 15.8. The number of hydrogen-bond acceptors (Lipinski definition) is 6. The number of ether oxygens (including phenoxy) is 1. The summed E-state index contributed by atoms with van der Waals surface area (Å²) in [7, 11) is 4.99. The van der Waals surface area contributed by atoms with Crippen LogP contribution < -0.4 is 0 Å². The van der Waals surface area contributed by atoms with Crippen LogP contribution in [-0.4, -0.2) is 72.7 Å². The molecule has 0 atom stereocenters. The first-order valence-electron chi connectivity index (χ1n) is 6.49. The Hall–Kier alpha value is -1.51. The molecule has 0 radical (unpaired) electrons. The van der Waals surface area contributed by atoms with Crippen molar-refractivity contribution in [1.82, 2.24) is 14.8 Å². The molecule has 7 nitrogen and oxygen atoms in total. The van der Waals surface area contributed by atoms with Gasteiger partial charge in [0, 0.05) is 39.7 Å². The van der Waals surface area contributed by atoms with E-state index in [0.717, 1.165) is 10.7 Å². The van der Waals surface area contributed by atoms with E-state index in [-0.39, 0.29) is 18.9 Å². The second-order valence-electron chi connectivity index (χ2n) is 4.79. The second kappa shape index (κ2) is 8.71. The van der Waals surface area contributed by atoms with E-state index in [1.807, 2.05) is 5.38 Å². The van der Waals surface area contributed by atoms with Gasteiger partial charge in [-0.3, -0.25) is 14.5 Å². The average molecular weight is 315 g/mol. The van der Waals surface area contributed by atoms with Crippen molar-refractivity contribution in [2.75, 3.05) is 40.9 Å². The van der Waals surface area contributed by atoms with E-state index in [1.165, 1.54) is 16.2 Å². The monoisotopic (exact) mass is 315 g/mol. The first-order valence-corrected chi connectivity index (χ1v) is 7.37. The summed E-state index contributed by atoms with van der Waals surface area (Å²) in [5.74, 6) is -0.887. The molecule has 0 spiro atoms. The number of likely N-dealkylation sites (N-methyl/N-ethyl adjacent to an activating group) is 1. The summed E-state index contributed by atoms with van der Waals surface area (Å²) in [4.78, 5) is 30.1. The zero-order valence-electron chi connectivity index (χ0n) is 12.5. The number of nitrogens with zero attached hydrogens (tertiary/aromatic N) is 3. The van der Waals surface area contributed by atoms with Crippen LogP contribution in [0.2, 0.25) is 0 Å². The fourth-order valence-corrected chi connectivity index (χ4v) is 2.42. The summed E-state index contributed by atoms with van der Waals surface area (Å²) < 4.78 is 4.97. The summed E-state index contributed by atoms with van der Waals surface area (Å²) >= 11 is 1.42. The highest BCUT2D eigenvalue weighted by molar-refractivity contribution is 7.09. The summed E-state index contributed by atoms with van der Waals surface area (Å²) in [5, 5.41) is 11.5. The normalized spacial score (nSPS) is 10.9. The Bertz CT molecular complexity index is 476. The smallest absolute Gasteiger partial charge is 0.317 e. The fraction of sp³-hybridized carbons (Fsp3) is 0.615. The van der Waals surface area contributed by atoms with Crippen molar-refractivity contribution in [2.45, 2.75) is 13.0 Å². The highest BCUT2D eigenvalue weighted by atomic mass is 32.1. The van der Waals surface area contributed by atoms with Crippen molar-refractivity contribution in [2.24, 2.45) is 0 Å². The van der Waals surface area contributed by atoms with E-state index < -0.39 is 5.97 Å². The quantitative estimate of drug-likeness (QED) is 0.706. The lowest BCUT2D eigenvalue weighted by molar-refractivity contribution is -0.138. The van der Waals surface area contributed by atoms with Gasteiger partial charge < -0.3 is 14.7 Å². The minimum absolute atomic E-state index is 0.00215. The summed E-state index contributed by atoms with van der Waals surface area (Å²) in [6.07, 6.45) is 0.272. The summed E-state index contributed by atoms with van der Waals surface area (Å²) in [6.45, 7) is 1.35. The van der Waals surface area contributed by atoms with E-state index in [9.17, 15) is 9.59 Å². The molecule has 1 rings (SSSR count). The maximum absolute atomic E-state index is 11.6. The van der Waals surface area contributed by atoms with Gasteiger partial charge in [-0.2, -0.15) is 0 Å². The first-order chi connectivity index (χ1) is 9.92. The predicted octanol–water partition coefficient (Wildman–Crippen LogP) is 0.307. The lowest BCUT2D eigenvalue weighted by Crippen LogP contribution is -2.32. The number of carboxylic acids is 1. The largest absolute Gasteiger partial charge is 0.480 e. The molecule has 0 saturated carbocycles. The Balaban J connectivity index is 2.61. The third kappa shape index (κ3) is 6.65.